The average Bonchev–Trinajstić information content (AvgIpc) is 2.74. The quantitative estimate of drug-likeness (QED) is 0.292. The topological polar surface area (TPSA) is 130 Å². The van der Waals surface area contributed by atoms with Crippen LogP contribution in [0.1, 0.15) is 78.6 Å². The fourth-order valence-electron chi connectivity index (χ4n) is 4.61. The Hall–Kier alpha value is -2.32. The van der Waals surface area contributed by atoms with Crippen molar-refractivity contribution in [3.05, 3.63) is 23.8 Å². The molecule has 1 fully saturated rings. The molecule has 0 aliphatic carbocycles. The van der Waals surface area contributed by atoms with Gasteiger partial charge in [-0.1, -0.05) is 32.1 Å². The van der Waals surface area contributed by atoms with Gasteiger partial charge in [-0.2, -0.15) is 0 Å². The Balaban J connectivity index is 2.02. The molecule has 8 nitrogen and oxygen atoms in total. The first-order chi connectivity index (χ1) is 16.1. The van der Waals surface area contributed by atoms with Crippen molar-refractivity contribution in [2.45, 2.75) is 96.9 Å². The number of rotatable bonds is 7. The van der Waals surface area contributed by atoms with E-state index in [9.17, 15) is 29.4 Å². The molecule has 0 spiro atoms. The smallest absolute Gasteiger partial charge is 0.306 e. The highest BCUT2D eigenvalue weighted by molar-refractivity contribution is 5.97. The van der Waals surface area contributed by atoms with Crippen molar-refractivity contribution >= 4 is 23.6 Å². The molecule has 0 radical (unpaired) electrons. The number of ketones is 1. The molecule has 0 saturated carbocycles. The number of aliphatic hydroxyl groups is 2. The van der Waals surface area contributed by atoms with Gasteiger partial charge in [0.25, 0.3) is 0 Å². The van der Waals surface area contributed by atoms with Crippen LogP contribution in [0.2, 0.25) is 0 Å². The Kier molecular flexibility index (Phi) is 11.1. The van der Waals surface area contributed by atoms with E-state index in [4.69, 9.17) is 4.74 Å². The van der Waals surface area contributed by atoms with Gasteiger partial charge in [0.1, 0.15) is 11.9 Å². The molecule has 2 amide bonds. The molecule has 2 heterocycles. The molecular weight excluding hydrogens is 438 g/mol. The Morgan fingerprint density at radius 1 is 1.21 bits per heavy atom. The average molecular weight is 478 g/mol. The van der Waals surface area contributed by atoms with Crippen LogP contribution in [0.5, 0.6) is 0 Å². The molecule has 8 heteroatoms. The summed E-state index contributed by atoms with van der Waals surface area (Å²) in [6.45, 7) is 5.34. The van der Waals surface area contributed by atoms with Crippen molar-refractivity contribution in [3.63, 3.8) is 0 Å². The Morgan fingerprint density at radius 2 is 1.88 bits per heavy atom. The lowest BCUT2D eigenvalue weighted by atomic mass is 9.87. The van der Waals surface area contributed by atoms with Crippen LogP contribution in [-0.2, 0) is 23.9 Å². The van der Waals surface area contributed by atoms with E-state index >= 15 is 0 Å². The summed E-state index contributed by atoms with van der Waals surface area (Å²) in [6.07, 6.45) is 7.11. The molecule has 34 heavy (non-hydrogen) atoms. The van der Waals surface area contributed by atoms with Crippen molar-refractivity contribution in [1.82, 2.24) is 5.32 Å². The second-order valence-electron chi connectivity index (χ2n) is 9.79. The first-order valence-corrected chi connectivity index (χ1v) is 12.3. The normalized spacial score (nSPS) is 28.7. The highest BCUT2D eigenvalue weighted by atomic mass is 16.5. The van der Waals surface area contributed by atoms with Gasteiger partial charge in [-0.15, -0.1) is 0 Å². The molecule has 2 aliphatic rings. The molecule has 190 valence electrons. The monoisotopic (exact) mass is 477 g/mol. The van der Waals surface area contributed by atoms with Crippen LogP contribution in [0.3, 0.4) is 0 Å². The number of imide groups is 1. The van der Waals surface area contributed by atoms with Gasteiger partial charge in [0.05, 0.1) is 12.2 Å². The van der Waals surface area contributed by atoms with Crippen molar-refractivity contribution in [2.75, 3.05) is 0 Å². The third kappa shape index (κ3) is 9.14. The first kappa shape index (κ1) is 27.9. The molecule has 5 atom stereocenters. The molecule has 2 rings (SSSR count). The van der Waals surface area contributed by atoms with Crippen molar-refractivity contribution in [2.24, 2.45) is 17.8 Å². The van der Waals surface area contributed by atoms with Crippen LogP contribution in [0.15, 0.2) is 23.8 Å². The fourth-order valence-corrected chi connectivity index (χ4v) is 4.61. The number of nitrogens with one attached hydrogen (secondary N) is 1. The molecule has 0 bridgehead atoms. The third-order valence-corrected chi connectivity index (χ3v) is 6.63. The van der Waals surface area contributed by atoms with E-state index in [0.717, 1.165) is 19.3 Å². The molecule has 1 saturated heterocycles. The van der Waals surface area contributed by atoms with Crippen LogP contribution in [0.25, 0.3) is 0 Å². The number of hydrogen-bond acceptors (Lipinski definition) is 7. The second-order valence-corrected chi connectivity index (χ2v) is 9.79. The standard InChI is InChI=1S/C26H39NO7/c1-16(22(30)15-20(28)12-19-13-23(31)27-24(32)14-19)11-17(2)26-18(3)21(29)9-7-5-4-6-8-10-25(33)34-26/h5,7,11,16,18-21,26,28-29H,4,6,8-10,12-15H2,1-3H3,(H,27,31,32)/b7-5+,17-11+/t16-,18-,20+,21+,26-/m0/s1. The first-order valence-electron chi connectivity index (χ1n) is 12.3. The fraction of sp³-hybridized carbons (Fsp3) is 0.692. The second kappa shape index (κ2) is 13.5. The minimum atomic E-state index is -0.945. The Morgan fingerprint density at radius 3 is 2.56 bits per heavy atom. The highest BCUT2D eigenvalue weighted by Gasteiger charge is 2.30. The molecule has 0 unspecified atom stereocenters. The van der Waals surface area contributed by atoms with Gasteiger partial charge in [-0.25, -0.2) is 0 Å². The number of Topliss-reactive ketones (excluding diaryl/α,β-unsaturated/α-hetero) is 1. The minimum Gasteiger partial charge on any atom is -0.457 e. The van der Waals surface area contributed by atoms with Crippen LogP contribution in [-0.4, -0.2) is 52.1 Å². The van der Waals surface area contributed by atoms with Crippen molar-refractivity contribution < 1.29 is 34.1 Å². The number of cyclic esters (lactones) is 1. The van der Waals surface area contributed by atoms with Gasteiger partial charge in [0.2, 0.25) is 11.8 Å². The van der Waals surface area contributed by atoms with E-state index in [2.05, 4.69) is 5.32 Å². The lowest BCUT2D eigenvalue weighted by Gasteiger charge is -2.29. The molecule has 0 aromatic carbocycles. The van der Waals surface area contributed by atoms with E-state index in [-0.39, 0.29) is 61.1 Å². The molecule has 0 aromatic rings. The SMILES string of the molecule is C/C(=C\[C@H](C)C(=O)C[C@H](O)CC1CC(=O)NC(=O)C1)[C@@H]1OC(=O)CCCC/C=C/C[C@@H](O)[C@@H]1C. The van der Waals surface area contributed by atoms with Crippen molar-refractivity contribution in [3.8, 4) is 0 Å². The van der Waals surface area contributed by atoms with E-state index in [1.807, 2.05) is 19.1 Å². The number of carbonyl (C=O) groups is 4. The van der Waals surface area contributed by atoms with Crippen LogP contribution in [0, 0.1) is 17.8 Å². The summed E-state index contributed by atoms with van der Waals surface area (Å²) in [7, 11) is 0. The van der Waals surface area contributed by atoms with Gasteiger partial charge >= 0.3 is 5.97 Å². The lowest BCUT2D eigenvalue weighted by Crippen LogP contribution is -2.39. The number of aliphatic hydroxyl groups excluding tert-OH is 2. The summed E-state index contributed by atoms with van der Waals surface area (Å²) in [4.78, 5) is 48.1. The van der Waals surface area contributed by atoms with Crippen LogP contribution < -0.4 is 5.32 Å². The third-order valence-electron chi connectivity index (χ3n) is 6.63. The summed E-state index contributed by atoms with van der Waals surface area (Å²) in [5, 5.41) is 23.2. The highest BCUT2D eigenvalue weighted by Crippen LogP contribution is 2.26. The maximum Gasteiger partial charge on any atom is 0.306 e. The summed E-state index contributed by atoms with van der Waals surface area (Å²) >= 11 is 0. The number of carbonyl (C=O) groups excluding carboxylic acids is 4. The number of allylic oxidation sites excluding steroid dienone is 2. The number of ether oxygens (including phenoxy) is 1. The molecular formula is C26H39NO7. The molecule has 3 N–H and O–H groups in total. The van der Waals surface area contributed by atoms with Crippen LogP contribution in [0.4, 0.5) is 0 Å². The Labute approximate surface area is 201 Å². The van der Waals surface area contributed by atoms with Gasteiger partial charge in [-0.3, -0.25) is 24.5 Å². The zero-order valence-corrected chi connectivity index (χ0v) is 20.5. The van der Waals surface area contributed by atoms with Gasteiger partial charge in [-0.05, 0) is 50.5 Å². The van der Waals surface area contributed by atoms with E-state index in [1.165, 1.54) is 0 Å². The zero-order valence-electron chi connectivity index (χ0n) is 20.5. The summed E-state index contributed by atoms with van der Waals surface area (Å²) < 4.78 is 5.73. The van der Waals surface area contributed by atoms with Gasteiger partial charge in [0, 0.05) is 37.5 Å². The largest absolute Gasteiger partial charge is 0.457 e. The lowest BCUT2D eigenvalue weighted by molar-refractivity contribution is -0.151. The van der Waals surface area contributed by atoms with Gasteiger partial charge < -0.3 is 14.9 Å². The van der Waals surface area contributed by atoms with E-state index in [0.29, 0.717) is 18.4 Å². The van der Waals surface area contributed by atoms with Crippen LogP contribution >= 0.6 is 0 Å². The predicted octanol–water partition coefficient (Wildman–Crippen LogP) is 2.76. The van der Waals surface area contributed by atoms with Crippen molar-refractivity contribution in [1.29, 1.82) is 0 Å². The summed E-state index contributed by atoms with van der Waals surface area (Å²) in [6, 6.07) is 0. The minimum absolute atomic E-state index is 0.0926. The maximum absolute atomic E-state index is 12.7. The molecule has 2 aliphatic heterocycles. The van der Waals surface area contributed by atoms with Gasteiger partial charge in [0.15, 0.2) is 0 Å². The Bertz CT molecular complexity index is 787. The number of amides is 2. The van der Waals surface area contributed by atoms with E-state index < -0.39 is 24.2 Å². The number of piperidine rings is 1. The van der Waals surface area contributed by atoms with E-state index in [1.54, 1.807) is 19.9 Å². The number of hydrogen-bond donors (Lipinski definition) is 3. The maximum atomic E-state index is 12.7. The predicted molar refractivity (Wildman–Crippen MR) is 126 cm³/mol. The molecule has 0 aromatic heterocycles. The number of esters is 1. The summed E-state index contributed by atoms with van der Waals surface area (Å²) in [5.74, 6) is -2.38. The zero-order chi connectivity index (χ0) is 25.3. The summed E-state index contributed by atoms with van der Waals surface area (Å²) in [5.41, 5.74) is 0.686.